The molecule has 1 rings (SSSR count). The fraction of sp³-hybridized carbons (Fsp3) is 0.462. The quantitative estimate of drug-likeness (QED) is 0.477. The number of carbonyl (C=O) groups is 1. The van der Waals surface area contributed by atoms with Crippen molar-refractivity contribution in [2.24, 2.45) is 11.3 Å². The standard InChI is InChI=1S/C13H20FN3O/c1-4-17(9-13(2,3)12(18)16-15)11-8-6-5-7-10(11)14/h5-8H,4,9,15H2,1-3H3,(H,16,18). The summed E-state index contributed by atoms with van der Waals surface area (Å²) in [5.74, 6) is 4.60. The van der Waals surface area contributed by atoms with Gasteiger partial charge in [-0.1, -0.05) is 12.1 Å². The predicted molar refractivity (Wildman–Crippen MR) is 70.4 cm³/mol. The van der Waals surface area contributed by atoms with Crippen molar-refractivity contribution in [2.75, 3.05) is 18.0 Å². The van der Waals surface area contributed by atoms with Crippen LogP contribution in [0, 0.1) is 11.2 Å². The summed E-state index contributed by atoms with van der Waals surface area (Å²) < 4.78 is 13.7. The number of rotatable bonds is 5. The molecule has 5 heteroatoms. The Morgan fingerprint density at radius 3 is 2.56 bits per heavy atom. The molecule has 0 heterocycles. The number of hydrogen-bond donors (Lipinski definition) is 2. The summed E-state index contributed by atoms with van der Waals surface area (Å²) in [6, 6.07) is 6.53. The summed E-state index contributed by atoms with van der Waals surface area (Å²) >= 11 is 0. The predicted octanol–water partition coefficient (Wildman–Crippen LogP) is 1.67. The number of para-hydroxylation sites is 1. The van der Waals surface area contributed by atoms with Gasteiger partial charge in [-0.05, 0) is 32.9 Å². The van der Waals surface area contributed by atoms with E-state index in [0.29, 0.717) is 18.8 Å². The smallest absolute Gasteiger partial charge is 0.241 e. The number of hydrazine groups is 1. The third-order valence-corrected chi connectivity index (χ3v) is 2.91. The van der Waals surface area contributed by atoms with E-state index in [1.165, 1.54) is 6.07 Å². The van der Waals surface area contributed by atoms with Gasteiger partial charge in [-0.25, -0.2) is 10.2 Å². The fourth-order valence-electron chi connectivity index (χ4n) is 1.82. The molecule has 0 fully saturated rings. The molecule has 0 bridgehead atoms. The van der Waals surface area contributed by atoms with E-state index in [-0.39, 0.29) is 11.7 Å². The lowest BCUT2D eigenvalue weighted by molar-refractivity contribution is -0.128. The molecular formula is C13H20FN3O. The molecular weight excluding hydrogens is 233 g/mol. The molecule has 0 spiro atoms. The number of hydrogen-bond acceptors (Lipinski definition) is 3. The van der Waals surface area contributed by atoms with E-state index in [9.17, 15) is 9.18 Å². The summed E-state index contributed by atoms with van der Waals surface area (Å²) in [5, 5.41) is 0. The van der Waals surface area contributed by atoms with E-state index in [0.717, 1.165) is 0 Å². The van der Waals surface area contributed by atoms with Crippen LogP contribution < -0.4 is 16.2 Å². The third-order valence-electron chi connectivity index (χ3n) is 2.91. The van der Waals surface area contributed by atoms with E-state index in [1.54, 1.807) is 32.0 Å². The van der Waals surface area contributed by atoms with E-state index in [4.69, 9.17) is 5.84 Å². The Labute approximate surface area is 107 Å². The van der Waals surface area contributed by atoms with Crippen LogP contribution in [-0.2, 0) is 4.79 Å². The van der Waals surface area contributed by atoms with Crippen LogP contribution in [0.5, 0.6) is 0 Å². The first-order valence-electron chi connectivity index (χ1n) is 5.93. The molecule has 0 radical (unpaired) electrons. The highest BCUT2D eigenvalue weighted by Crippen LogP contribution is 2.24. The molecule has 0 atom stereocenters. The zero-order valence-corrected chi connectivity index (χ0v) is 11.0. The van der Waals surface area contributed by atoms with Gasteiger partial charge < -0.3 is 4.90 Å². The van der Waals surface area contributed by atoms with Gasteiger partial charge in [0.05, 0.1) is 11.1 Å². The summed E-state index contributed by atoms with van der Waals surface area (Å²) in [7, 11) is 0. The third kappa shape index (κ3) is 3.20. The van der Waals surface area contributed by atoms with E-state index in [1.807, 2.05) is 11.8 Å². The van der Waals surface area contributed by atoms with Crippen LogP contribution in [0.3, 0.4) is 0 Å². The molecule has 0 aromatic heterocycles. The number of amides is 1. The highest BCUT2D eigenvalue weighted by Gasteiger charge is 2.29. The monoisotopic (exact) mass is 253 g/mol. The van der Waals surface area contributed by atoms with E-state index >= 15 is 0 Å². The van der Waals surface area contributed by atoms with Crippen LogP contribution in [-0.4, -0.2) is 19.0 Å². The maximum Gasteiger partial charge on any atom is 0.241 e. The molecule has 1 amide bonds. The van der Waals surface area contributed by atoms with E-state index in [2.05, 4.69) is 5.43 Å². The van der Waals surface area contributed by atoms with Crippen molar-refractivity contribution in [2.45, 2.75) is 20.8 Å². The van der Waals surface area contributed by atoms with Crippen LogP contribution in [0.1, 0.15) is 20.8 Å². The van der Waals surface area contributed by atoms with Crippen molar-refractivity contribution >= 4 is 11.6 Å². The molecule has 18 heavy (non-hydrogen) atoms. The van der Waals surface area contributed by atoms with Crippen molar-refractivity contribution in [3.8, 4) is 0 Å². The lowest BCUT2D eigenvalue weighted by atomic mass is 9.91. The number of halogens is 1. The molecule has 1 aromatic rings. The Morgan fingerprint density at radius 1 is 1.44 bits per heavy atom. The van der Waals surface area contributed by atoms with Gasteiger partial charge in [-0.3, -0.25) is 10.2 Å². The van der Waals surface area contributed by atoms with Gasteiger partial charge in [0.25, 0.3) is 0 Å². The SMILES string of the molecule is CCN(CC(C)(C)C(=O)NN)c1ccccc1F. The average Bonchev–Trinajstić information content (AvgIpc) is 2.35. The topological polar surface area (TPSA) is 58.4 Å². The zero-order valence-electron chi connectivity index (χ0n) is 11.0. The van der Waals surface area contributed by atoms with Crippen molar-refractivity contribution in [3.05, 3.63) is 30.1 Å². The van der Waals surface area contributed by atoms with Crippen LogP contribution in [0.4, 0.5) is 10.1 Å². The molecule has 0 aliphatic rings. The largest absolute Gasteiger partial charge is 0.368 e. The molecule has 0 aliphatic carbocycles. The fourth-order valence-corrected chi connectivity index (χ4v) is 1.82. The normalized spacial score (nSPS) is 11.2. The summed E-state index contributed by atoms with van der Waals surface area (Å²) in [6.45, 7) is 6.48. The molecule has 4 nitrogen and oxygen atoms in total. The minimum absolute atomic E-state index is 0.266. The second-order valence-electron chi connectivity index (χ2n) is 4.82. The van der Waals surface area contributed by atoms with Gasteiger partial charge in [-0.15, -0.1) is 0 Å². The summed E-state index contributed by atoms with van der Waals surface area (Å²) in [6.07, 6.45) is 0. The van der Waals surface area contributed by atoms with Crippen molar-refractivity contribution < 1.29 is 9.18 Å². The maximum absolute atomic E-state index is 13.7. The summed E-state index contributed by atoms with van der Waals surface area (Å²) in [5.41, 5.74) is 1.95. The van der Waals surface area contributed by atoms with Crippen LogP contribution >= 0.6 is 0 Å². The molecule has 0 saturated heterocycles. The molecule has 0 aliphatic heterocycles. The highest BCUT2D eigenvalue weighted by atomic mass is 19.1. The van der Waals surface area contributed by atoms with Crippen molar-refractivity contribution in [1.29, 1.82) is 0 Å². The van der Waals surface area contributed by atoms with Crippen LogP contribution in [0.15, 0.2) is 24.3 Å². The Hall–Kier alpha value is -1.62. The number of nitrogens with two attached hydrogens (primary N) is 1. The second kappa shape index (κ2) is 5.82. The first kappa shape index (κ1) is 14.4. The molecule has 100 valence electrons. The number of nitrogens with one attached hydrogen (secondary N) is 1. The maximum atomic E-state index is 13.7. The molecule has 0 saturated carbocycles. The molecule has 3 N–H and O–H groups in total. The van der Waals surface area contributed by atoms with Gasteiger partial charge in [0.15, 0.2) is 0 Å². The molecule has 1 aromatic carbocycles. The van der Waals surface area contributed by atoms with Gasteiger partial charge in [-0.2, -0.15) is 0 Å². The Kier molecular flexibility index (Phi) is 4.67. The van der Waals surface area contributed by atoms with Crippen LogP contribution in [0.2, 0.25) is 0 Å². The Bertz CT molecular complexity index is 420. The number of carbonyl (C=O) groups excluding carboxylic acids is 1. The first-order valence-corrected chi connectivity index (χ1v) is 5.93. The molecule has 0 unspecified atom stereocenters. The first-order chi connectivity index (χ1) is 8.42. The van der Waals surface area contributed by atoms with Gasteiger partial charge >= 0.3 is 0 Å². The van der Waals surface area contributed by atoms with Gasteiger partial charge in [0, 0.05) is 13.1 Å². The van der Waals surface area contributed by atoms with E-state index < -0.39 is 5.41 Å². The Morgan fingerprint density at radius 2 is 2.06 bits per heavy atom. The Balaban J connectivity index is 2.93. The lowest BCUT2D eigenvalue weighted by Crippen LogP contribution is -2.47. The van der Waals surface area contributed by atoms with Crippen LogP contribution in [0.25, 0.3) is 0 Å². The number of benzene rings is 1. The second-order valence-corrected chi connectivity index (χ2v) is 4.82. The average molecular weight is 253 g/mol. The number of anilines is 1. The minimum Gasteiger partial charge on any atom is -0.368 e. The van der Waals surface area contributed by atoms with Crippen molar-refractivity contribution in [1.82, 2.24) is 5.43 Å². The highest BCUT2D eigenvalue weighted by molar-refractivity contribution is 5.82. The van der Waals surface area contributed by atoms with Gasteiger partial charge in [0.1, 0.15) is 5.82 Å². The zero-order chi connectivity index (χ0) is 13.8. The number of nitrogens with zero attached hydrogens (tertiary/aromatic N) is 1. The minimum atomic E-state index is -0.687. The lowest BCUT2D eigenvalue weighted by Gasteiger charge is -2.32. The van der Waals surface area contributed by atoms with Crippen molar-refractivity contribution in [3.63, 3.8) is 0 Å². The van der Waals surface area contributed by atoms with Gasteiger partial charge in [0.2, 0.25) is 5.91 Å². The summed E-state index contributed by atoms with van der Waals surface area (Å²) in [4.78, 5) is 13.5.